The molecule has 0 radical (unpaired) electrons. The Labute approximate surface area is 195 Å². The maximum Gasteiger partial charge on any atom is 0.0488 e. The van der Waals surface area contributed by atoms with Crippen molar-refractivity contribution >= 4 is 28.7 Å². The molecule has 32 heavy (non-hydrogen) atoms. The second kappa shape index (κ2) is 15.5. The van der Waals surface area contributed by atoms with Crippen LogP contribution in [0, 0.1) is 0 Å². The Morgan fingerprint density at radius 3 is 2.25 bits per heavy atom. The van der Waals surface area contributed by atoms with Crippen LogP contribution in [-0.2, 0) is 7.05 Å². The van der Waals surface area contributed by atoms with Crippen LogP contribution in [0.4, 0.5) is 5.69 Å². The van der Waals surface area contributed by atoms with Gasteiger partial charge in [-0.05, 0) is 43.5 Å². The summed E-state index contributed by atoms with van der Waals surface area (Å²) in [5.74, 6) is 0. The minimum atomic E-state index is 0.874. The number of allylic oxidation sites excluding steroid dienone is 4. The highest BCUT2D eigenvalue weighted by Gasteiger charge is 2.04. The summed E-state index contributed by atoms with van der Waals surface area (Å²) in [4.78, 5) is 0. The van der Waals surface area contributed by atoms with Crippen molar-refractivity contribution in [2.45, 2.75) is 47.0 Å². The average Bonchev–Trinajstić information content (AvgIpc) is 3.10. The first kappa shape index (κ1) is 26.8. The van der Waals surface area contributed by atoms with Crippen molar-refractivity contribution in [2.24, 2.45) is 7.05 Å². The van der Waals surface area contributed by atoms with Crippen LogP contribution in [0.1, 0.15) is 47.0 Å². The highest BCUT2D eigenvalue weighted by molar-refractivity contribution is 5.83. The van der Waals surface area contributed by atoms with E-state index in [2.05, 4.69) is 78.7 Å². The zero-order valence-corrected chi connectivity index (χ0v) is 20.6. The molecular weight excluding hydrogens is 388 g/mol. The lowest BCUT2D eigenvalue weighted by Crippen LogP contribution is -2.28. The number of benzene rings is 2. The van der Waals surface area contributed by atoms with E-state index in [1.54, 1.807) is 0 Å². The normalized spacial score (nSPS) is 11.5. The fourth-order valence-electron chi connectivity index (χ4n) is 3.37. The number of para-hydroxylation sites is 2. The van der Waals surface area contributed by atoms with Crippen LogP contribution in [0.2, 0.25) is 0 Å². The number of hydrogen-bond acceptors (Lipinski definition) is 1. The summed E-state index contributed by atoms with van der Waals surface area (Å²) in [6, 6.07) is 18.7. The highest BCUT2D eigenvalue weighted by Crippen LogP contribution is 2.10. The molecule has 0 amide bonds. The van der Waals surface area contributed by atoms with Crippen molar-refractivity contribution in [1.82, 2.24) is 4.57 Å². The molecule has 0 unspecified atom stereocenters. The van der Waals surface area contributed by atoms with Gasteiger partial charge in [0.05, 0.1) is 0 Å². The molecule has 0 saturated heterocycles. The van der Waals surface area contributed by atoms with Crippen LogP contribution < -0.4 is 15.9 Å². The van der Waals surface area contributed by atoms with Gasteiger partial charge >= 0.3 is 0 Å². The van der Waals surface area contributed by atoms with Gasteiger partial charge in [-0.1, -0.05) is 95.0 Å². The second-order valence-corrected chi connectivity index (χ2v) is 6.81. The van der Waals surface area contributed by atoms with Crippen molar-refractivity contribution in [3.05, 3.63) is 102 Å². The number of aromatic nitrogens is 1. The fourth-order valence-corrected chi connectivity index (χ4v) is 3.37. The molecule has 0 spiro atoms. The van der Waals surface area contributed by atoms with Gasteiger partial charge in [0.25, 0.3) is 0 Å². The smallest absolute Gasteiger partial charge is 0.0488 e. The summed E-state index contributed by atoms with van der Waals surface area (Å²) in [6.45, 7) is 16.0. The van der Waals surface area contributed by atoms with Gasteiger partial charge in [-0.2, -0.15) is 0 Å². The van der Waals surface area contributed by atoms with Crippen molar-refractivity contribution in [3.8, 4) is 0 Å². The lowest BCUT2D eigenvalue weighted by molar-refractivity contribution is 0.921. The molecule has 1 N–H and O–H groups in total. The Hall–Kier alpha value is -3.26. The van der Waals surface area contributed by atoms with Crippen molar-refractivity contribution in [2.75, 3.05) is 5.32 Å². The Morgan fingerprint density at radius 2 is 1.56 bits per heavy atom. The molecule has 0 saturated carbocycles. The van der Waals surface area contributed by atoms with E-state index in [9.17, 15) is 0 Å². The van der Waals surface area contributed by atoms with Gasteiger partial charge in [-0.3, -0.25) is 0 Å². The van der Waals surface area contributed by atoms with E-state index in [-0.39, 0.29) is 0 Å². The molecule has 2 heteroatoms. The van der Waals surface area contributed by atoms with Gasteiger partial charge in [0, 0.05) is 39.9 Å². The predicted molar refractivity (Wildman–Crippen MR) is 146 cm³/mol. The van der Waals surface area contributed by atoms with Crippen LogP contribution >= 0.6 is 0 Å². The summed E-state index contributed by atoms with van der Waals surface area (Å²) >= 11 is 0. The number of rotatable bonds is 8. The highest BCUT2D eigenvalue weighted by atomic mass is 14.9. The van der Waals surface area contributed by atoms with Crippen molar-refractivity contribution in [1.29, 1.82) is 0 Å². The molecular formula is C30H40N2. The number of nitrogens with zero attached hydrogens (tertiary/aromatic N) is 1. The van der Waals surface area contributed by atoms with Crippen LogP contribution in [0.15, 0.2) is 91.7 Å². The summed E-state index contributed by atoms with van der Waals surface area (Å²) < 4.78 is 2.26. The fraction of sp³-hybridized carbons (Fsp3) is 0.267. The Balaban J connectivity index is 0.00000121. The summed E-state index contributed by atoms with van der Waals surface area (Å²) in [5.41, 5.74) is 3.14. The van der Waals surface area contributed by atoms with E-state index in [0.717, 1.165) is 30.6 Å². The van der Waals surface area contributed by atoms with Gasteiger partial charge in [0.15, 0.2) is 0 Å². The summed E-state index contributed by atoms with van der Waals surface area (Å²) in [6.07, 6.45) is 13.8. The minimum absolute atomic E-state index is 0.874. The van der Waals surface area contributed by atoms with Gasteiger partial charge < -0.3 is 9.88 Å². The molecule has 3 rings (SSSR count). The van der Waals surface area contributed by atoms with E-state index in [1.165, 1.54) is 21.5 Å². The zero-order valence-electron chi connectivity index (χ0n) is 20.6. The Morgan fingerprint density at radius 1 is 0.906 bits per heavy atom. The first-order valence-corrected chi connectivity index (χ1v) is 11.7. The quantitative estimate of drug-likeness (QED) is 0.293. The third-order valence-corrected chi connectivity index (χ3v) is 4.74. The molecule has 2 nitrogen and oxygen atoms in total. The number of aryl methyl sites for hydroxylation is 1. The predicted octanol–water partition coefficient (Wildman–Crippen LogP) is 7.33. The monoisotopic (exact) mass is 428 g/mol. The van der Waals surface area contributed by atoms with Crippen molar-refractivity contribution in [3.63, 3.8) is 0 Å². The van der Waals surface area contributed by atoms with Crippen LogP contribution in [0.25, 0.3) is 23.1 Å². The Kier molecular flexibility index (Phi) is 13.0. The van der Waals surface area contributed by atoms with Crippen LogP contribution in [0.5, 0.6) is 0 Å². The molecule has 0 fully saturated rings. The Bertz CT molecular complexity index is 1100. The van der Waals surface area contributed by atoms with Crippen molar-refractivity contribution < 1.29 is 0 Å². The van der Waals surface area contributed by atoms with E-state index in [4.69, 9.17) is 0 Å². The molecule has 2 aromatic carbocycles. The largest absolute Gasteiger partial charge is 0.356 e. The molecule has 170 valence electrons. The maximum atomic E-state index is 4.22. The van der Waals surface area contributed by atoms with Crippen LogP contribution in [0.3, 0.4) is 0 Å². The summed E-state index contributed by atoms with van der Waals surface area (Å²) in [5, 5.41) is 7.04. The van der Waals surface area contributed by atoms with Gasteiger partial charge in [-0.15, -0.1) is 6.58 Å². The minimum Gasteiger partial charge on any atom is -0.356 e. The maximum absolute atomic E-state index is 4.22. The molecule has 0 bridgehead atoms. The third-order valence-electron chi connectivity index (χ3n) is 4.74. The lowest BCUT2D eigenvalue weighted by Gasteiger charge is -2.04. The van der Waals surface area contributed by atoms with E-state index >= 15 is 0 Å². The molecule has 0 aliphatic rings. The topological polar surface area (TPSA) is 17.0 Å². The summed E-state index contributed by atoms with van der Waals surface area (Å²) in [7, 11) is 2.13. The number of unbranched alkanes of at least 4 members (excludes halogenated alkanes) is 1. The van der Waals surface area contributed by atoms with Gasteiger partial charge in [0.1, 0.15) is 0 Å². The standard InChI is InChI=1S/C26H28N2.2C2H6/c1-4-5-6-7-8-12-18-26-24(23-17-13-14-19-25(23)28(26)3)20-21(2)27-22-15-10-9-11-16-22;2*1-2/h4,7-11,13-20,27H,1-2,5-6,12H2,3H3;2*1-2H3/b8-7-,24-20-,26-18+;;. The molecule has 0 aliphatic heterocycles. The second-order valence-electron chi connectivity index (χ2n) is 6.81. The molecule has 1 heterocycles. The lowest BCUT2D eigenvalue weighted by atomic mass is 10.2. The van der Waals surface area contributed by atoms with Gasteiger partial charge in [-0.25, -0.2) is 0 Å². The molecule has 1 aromatic heterocycles. The van der Waals surface area contributed by atoms with E-state index in [1.807, 2.05) is 64.1 Å². The molecule has 0 atom stereocenters. The number of nitrogens with one attached hydrogen (secondary N) is 1. The number of anilines is 1. The SMILES string of the molecule is C=CCC/C=C\C/C=c1\c(=C/C(=C)Nc2ccccc2)c2ccccc2n1C.CC.CC. The zero-order chi connectivity index (χ0) is 23.8. The molecule has 3 aromatic rings. The average molecular weight is 429 g/mol. The van der Waals surface area contributed by atoms with Gasteiger partial charge in [0.2, 0.25) is 0 Å². The van der Waals surface area contributed by atoms with E-state index in [0.29, 0.717) is 0 Å². The number of hydrogen-bond donors (Lipinski definition) is 1. The van der Waals surface area contributed by atoms with Crippen LogP contribution in [-0.4, -0.2) is 4.57 Å². The van der Waals surface area contributed by atoms with E-state index < -0.39 is 0 Å². The molecule has 0 aliphatic carbocycles. The third kappa shape index (κ3) is 7.77. The first-order valence-electron chi connectivity index (χ1n) is 11.7. The first-order chi connectivity index (χ1) is 15.7. The number of fused-ring (bicyclic) bond motifs is 1.